The lowest BCUT2D eigenvalue weighted by atomic mass is 10.0. The second-order valence-corrected chi connectivity index (χ2v) is 21.3. The van der Waals surface area contributed by atoms with Crippen molar-refractivity contribution in [1.29, 1.82) is 0 Å². The maximum Gasteiger partial charge on any atom is 0.306 e. The largest absolute Gasteiger partial charge is 0.462 e. The quantitative estimate of drug-likeness (QED) is 0.0261. The van der Waals surface area contributed by atoms with Gasteiger partial charge in [-0.05, 0) is 103 Å². The van der Waals surface area contributed by atoms with E-state index in [0.29, 0.717) is 19.3 Å². The molecule has 0 N–H and O–H groups in total. The first-order chi connectivity index (χ1) is 36.5. The molecule has 0 saturated heterocycles. The van der Waals surface area contributed by atoms with E-state index in [0.717, 1.165) is 116 Å². The number of hydrogen-bond acceptors (Lipinski definition) is 6. The van der Waals surface area contributed by atoms with Gasteiger partial charge in [-0.1, -0.05) is 273 Å². The van der Waals surface area contributed by atoms with Crippen molar-refractivity contribution in [3.63, 3.8) is 0 Å². The summed E-state index contributed by atoms with van der Waals surface area (Å²) in [7, 11) is 0. The van der Waals surface area contributed by atoms with E-state index in [9.17, 15) is 14.4 Å². The van der Waals surface area contributed by atoms with Gasteiger partial charge in [0, 0.05) is 19.3 Å². The SMILES string of the molecule is CCC/C=C\C/C=C\CCCCCCCC(=O)OC(COC(=O)CCCCCCC/C=C\CCC)COC(=O)CCCCCCCCCCCCCCCCCCCC/C=C\C/C=C\C/C=C\CCCCCCC. The molecule has 0 amide bonds. The van der Waals surface area contributed by atoms with Crippen LogP contribution < -0.4 is 0 Å². The molecule has 0 fully saturated rings. The van der Waals surface area contributed by atoms with Crippen LogP contribution in [0.1, 0.15) is 323 Å². The molecule has 0 aromatic rings. The van der Waals surface area contributed by atoms with Crippen molar-refractivity contribution in [3.05, 3.63) is 72.9 Å². The Hall–Kier alpha value is -3.15. The van der Waals surface area contributed by atoms with Crippen LogP contribution in [0.25, 0.3) is 0 Å². The Morgan fingerprint density at radius 1 is 0.270 bits per heavy atom. The minimum Gasteiger partial charge on any atom is -0.462 e. The van der Waals surface area contributed by atoms with Crippen molar-refractivity contribution in [1.82, 2.24) is 0 Å². The normalized spacial score (nSPS) is 12.5. The molecule has 0 aliphatic carbocycles. The van der Waals surface area contributed by atoms with Gasteiger partial charge in [0.15, 0.2) is 6.10 Å². The molecule has 74 heavy (non-hydrogen) atoms. The van der Waals surface area contributed by atoms with E-state index in [1.165, 1.54) is 167 Å². The lowest BCUT2D eigenvalue weighted by molar-refractivity contribution is -0.167. The summed E-state index contributed by atoms with van der Waals surface area (Å²) in [4.78, 5) is 38.1. The first kappa shape index (κ1) is 70.8. The molecule has 0 aromatic heterocycles. The summed E-state index contributed by atoms with van der Waals surface area (Å²) in [6.07, 6.45) is 80.8. The summed E-state index contributed by atoms with van der Waals surface area (Å²) in [5.41, 5.74) is 0. The lowest BCUT2D eigenvalue weighted by Crippen LogP contribution is -2.30. The zero-order valence-electron chi connectivity index (χ0n) is 49.1. The standard InChI is InChI=1S/C68H120O6/c1-4-7-10-13-16-19-22-24-25-26-27-28-29-30-31-32-33-34-35-36-37-38-39-40-41-42-43-45-46-49-52-55-58-61-67(70)73-64-65(63-72-66(69)60-57-54-51-48-21-18-15-12-9-6-3)74-68(71)62-59-56-53-50-47-44-23-20-17-14-11-8-5-2/h11-12,14-15,20,22-24,26-27,29-30,65H,4-10,13,16-19,21,25,28,31-64H2,1-3H3/b14-11-,15-12-,23-20-,24-22-,27-26-,30-29-. The topological polar surface area (TPSA) is 78.9 Å². The summed E-state index contributed by atoms with van der Waals surface area (Å²) < 4.78 is 16.8. The van der Waals surface area contributed by atoms with Crippen LogP contribution in [-0.2, 0) is 28.6 Å². The van der Waals surface area contributed by atoms with E-state index in [2.05, 4.69) is 93.7 Å². The number of esters is 3. The molecule has 0 rings (SSSR count). The third-order valence-electron chi connectivity index (χ3n) is 13.9. The smallest absolute Gasteiger partial charge is 0.306 e. The molecule has 0 aliphatic heterocycles. The Balaban J connectivity index is 4.05. The van der Waals surface area contributed by atoms with Crippen molar-refractivity contribution in [2.24, 2.45) is 0 Å². The van der Waals surface area contributed by atoms with E-state index in [1.54, 1.807) is 0 Å². The van der Waals surface area contributed by atoms with Gasteiger partial charge in [-0.3, -0.25) is 14.4 Å². The van der Waals surface area contributed by atoms with Gasteiger partial charge in [0.1, 0.15) is 13.2 Å². The Morgan fingerprint density at radius 2 is 0.514 bits per heavy atom. The summed E-state index contributed by atoms with van der Waals surface area (Å²) in [5, 5.41) is 0. The van der Waals surface area contributed by atoms with Crippen LogP contribution in [0.3, 0.4) is 0 Å². The van der Waals surface area contributed by atoms with E-state index in [-0.39, 0.29) is 31.1 Å². The minimum absolute atomic E-state index is 0.0813. The van der Waals surface area contributed by atoms with Crippen LogP contribution in [0.4, 0.5) is 0 Å². The fraction of sp³-hybridized carbons (Fsp3) is 0.779. The molecule has 0 bridgehead atoms. The highest BCUT2D eigenvalue weighted by Crippen LogP contribution is 2.17. The Labute approximate surface area is 459 Å². The Bertz CT molecular complexity index is 1370. The van der Waals surface area contributed by atoms with Crippen LogP contribution in [0.5, 0.6) is 0 Å². The monoisotopic (exact) mass is 1030 g/mol. The molecule has 0 radical (unpaired) electrons. The van der Waals surface area contributed by atoms with E-state index in [4.69, 9.17) is 14.2 Å². The lowest BCUT2D eigenvalue weighted by Gasteiger charge is -2.18. The van der Waals surface area contributed by atoms with Crippen molar-refractivity contribution in [2.45, 2.75) is 329 Å². The van der Waals surface area contributed by atoms with Crippen molar-refractivity contribution in [2.75, 3.05) is 13.2 Å². The van der Waals surface area contributed by atoms with Gasteiger partial charge in [0.05, 0.1) is 0 Å². The average Bonchev–Trinajstić information content (AvgIpc) is 3.40. The highest BCUT2D eigenvalue weighted by molar-refractivity contribution is 5.71. The third-order valence-corrected chi connectivity index (χ3v) is 13.9. The fourth-order valence-electron chi connectivity index (χ4n) is 9.08. The maximum absolute atomic E-state index is 12.8. The molecule has 6 heteroatoms. The predicted molar refractivity (Wildman–Crippen MR) is 321 cm³/mol. The van der Waals surface area contributed by atoms with Crippen molar-refractivity contribution >= 4 is 17.9 Å². The average molecular weight is 1030 g/mol. The van der Waals surface area contributed by atoms with E-state index in [1.807, 2.05) is 0 Å². The summed E-state index contributed by atoms with van der Waals surface area (Å²) in [5.74, 6) is -0.897. The zero-order chi connectivity index (χ0) is 53.6. The van der Waals surface area contributed by atoms with Crippen LogP contribution in [0.15, 0.2) is 72.9 Å². The van der Waals surface area contributed by atoms with E-state index >= 15 is 0 Å². The first-order valence-electron chi connectivity index (χ1n) is 31.9. The molecular weight excluding hydrogens is 913 g/mol. The van der Waals surface area contributed by atoms with Crippen LogP contribution in [0, 0.1) is 0 Å². The van der Waals surface area contributed by atoms with E-state index < -0.39 is 6.10 Å². The molecule has 6 nitrogen and oxygen atoms in total. The first-order valence-corrected chi connectivity index (χ1v) is 31.9. The minimum atomic E-state index is -0.784. The molecule has 0 aliphatic rings. The van der Waals surface area contributed by atoms with Gasteiger partial charge in [-0.2, -0.15) is 0 Å². The van der Waals surface area contributed by atoms with Gasteiger partial charge in [-0.15, -0.1) is 0 Å². The van der Waals surface area contributed by atoms with Crippen LogP contribution in [0.2, 0.25) is 0 Å². The molecule has 1 atom stereocenters. The molecule has 0 heterocycles. The van der Waals surface area contributed by atoms with Gasteiger partial charge in [0.25, 0.3) is 0 Å². The fourth-order valence-corrected chi connectivity index (χ4v) is 9.08. The van der Waals surface area contributed by atoms with Crippen molar-refractivity contribution < 1.29 is 28.6 Å². The second kappa shape index (κ2) is 62.4. The number of carbonyl (C=O) groups is 3. The zero-order valence-corrected chi connectivity index (χ0v) is 49.1. The Kier molecular flexibility index (Phi) is 59.7. The number of hydrogen-bond donors (Lipinski definition) is 0. The van der Waals surface area contributed by atoms with Gasteiger partial charge in [0.2, 0.25) is 0 Å². The summed E-state index contributed by atoms with van der Waals surface area (Å²) in [6.45, 7) is 6.50. The van der Waals surface area contributed by atoms with Gasteiger partial charge >= 0.3 is 17.9 Å². The molecular formula is C68H120O6. The second-order valence-electron chi connectivity index (χ2n) is 21.3. The summed E-state index contributed by atoms with van der Waals surface area (Å²) in [6, 6.07) is 0. The number of carbonyl (C=O) groups excluding carboxylic acids is 3. The van der Waals surface area contributed by atoms with Crippen LogP contribution in [-0.4, -0.2) is 37.2 Å². The predicted octanol–water partition coefficient (Wildman–Crippen LogP) is 21.7. The summed E-state index contributed by atoms with van der Waals surface area (Å²) >= 11 is 0. The third kappa shape index (κ3) is 59.7. The van der Waals surface area contributed by atoms with Crippen molar-refractivity contribution in [3.8, 4) is 0 Å². The maximum atomic E-state index is 12.8. The highest BCUT2D eigenvalue weighted by Gasteiger charge is 2.19. The number of rotatable bonds is 58. The van der Waals surface area contributed by atoms with Gasteiger partial charge in [-0.25, -0.2) is 0 Å². The number of unbranched alkanes of at least 4 members (excludes halogenated alkanes) is 35. The Morgan fingerprint density at radius 3 is 0.838 bits per heavy atom. The molecule has 1 unspecified atom stereocenters. The number of ether oxygens (including phenoxy) is 3. The molecule has 0 spiro atoms. The highest BCUT2D eigenvalue weighted by atomic mass is 16.6. The number of allylic oxidation sites excluding steroid dienone is 12. The molecule has 428 valence electrons. The molecule has 0 saturated carbocycles. The van der Waals surface area contributed by atoms with Gasteiger partial charge < -0.3 is 14.2 Å². The molecule has 0 aromatic carbocycles. The van der Waals surface area contributed by atoms with Crippen LogP contribution >= 0.6 is 0 Å².